The van der Waals surface area contributed by atoms with E-state index in [-0.39, 0.29) is 11.9 Å². The van der Waals surface area contributed by atoms with Crippen LogP contribution in [0.1, 0.15) is 44.7 Å². The number of unbranched alkanes of at least 4 members (excludes halogenated alkanes) is 2. The highest BCUT2D eigenvalue weighted by Gasteiger charge is 2.13. The van der Waals surface area contributed by atoms with Crippen LogP contribution in [0.25, 0.3) is 0 Å². The summed E-state index contributed by atoms with van der Waals surface area (Å²) in [6.45, 7) is 5.27. The van der Waals surface area contributed by atoms with Crippen LogP contribution in [0.5, 0.6) is 0 Å². The average molecular weight is 252 g/mol. The fourth-order valence-electron chi connectivity index (χ4n) is 2.09. The second-order valence-electron chi connectivity index (χ2n) is 4.84. The number of benzene rings is 1. The van der Waals surface area contributed by atoms with E-state index in [4.69, 9.17) is 0 Å². The van der Waals surface area contributed by atoms with E-state index in [9.17, 15) is 4.39 Å². The molecule has 0 amide bonds. The van der Waals surface area contributed by atoms with E-state index in [1.807, 2.05) is 13.1 Å². The number of nitrogens with zero attached hydrogens (tertiary/aromatic N) is 1. The molecule has 0 heterocycles. The highest BCUT2D eigenvalue weighted by molar-refractivity contribution is 5.54. The van der Waals surface area contributed by atoms with E-state index < -0.39 is 0 Å². The maximum Gasteiger partial charge on any atom is 0.123 e. The summed E-state index contributed by atoms with van der Waals surface area (Å²) < 4.78 is 13.4. The van der Waals surface area contributed by atoms with Gasteiger partial charge in [-0.05, 0) is 44.2 Å². The molecule has 0 saturated carbocycles. The molecule has 0 aliphatic heterocycles. The Morgan fingerprint density at radius 2 is 2.06 bits per heavy atom. The minimum absolute atomic E-state index is 0.157. The van der Waals surface area contributed by atoms with Gasteiger partial charge in [-0.1, -0.05) is 19.8 Å². The Labute approximate surface area is 110 Å². The minimum Gasteiger partial charge on any atom is -0.374 e. The molecule has 0 saturated heterocycles. The van der Waals surface area contributed by atoms with Gasteiger partial charge in [0.2, 0.25) is 0 Å². The Morgan fingerprint density at radius 3 is 2.67 bits per heavy atom. The topological polar surface area (TPSA) is 15.3 Å². The van der Waals surface area contributed by atoms with Gasteiger partial charge < -0.3 is 10.2 Å². The van der Waals surface area contributed by atoms with Crippen LogP contribution in [0, 0.1) is 5.82 Å². The maximum atomic E-state index is 13.4. The van der Waals surface area contributed by atoms with Gasteiger partial charge in [0.15, 0.2) is 0 Å². The standard InChI is InChI=1S/C15H25FN2/c1-5-6-7-10-18(4)15-9-8-13(16)11-14(15)12(2)17-3/h8-9,11-12,17H,5-7,10H2,1-4H3. The summed E-state index contributed by atoms with van der Waals surface area (Å²) in [6, 6.07) is 5.21. The molecular formula is C15H25FN2. The van der Waals surface area contributed by atoms with Crippen LogP contribution < -0.4 is 10.2 Å². The lowest BCUT2D eigenvalue weighted by Crippen LogP contribution is -2.23. The Morgan fingerprint density at radius 1 is 1.33 bits per heavy atom. The molecule has 1 N–H and O–H groups in total. The Hall–Kier alpha value is -1.09. The summed E-state index contributed by atoms with van der Waals surface area (Å²) in [5.41, 5.74) is 2.14. The first-order chi connectivity index (χ1) is 8.60. The molecule has 0 fully saturated rings. The van der Waals surface area contributed by atoms with Crippen LogP contribution in [0.2, 0.25) is 0 Å². The Bertz CT molecular complexity index is 366. The maximum absolute atomic E-state index is 13.4. The van der Waals surface area contributed by atoms with Gasteiger partial charge >= 0.3 is 0 Å². The van der Waals surface area contributed by atoms with E-state index in [1.165, 1.54) is 25.3 Å². The van der Waals surface area contributed by atoms with Gasteiger partial charge in [-0.2, -0.15) is 0 Å². The van der Waals surface area contributed by atoms with Crippen LogP contribution >= 0.6 is 0 Å². The van der Waals surface area contributed by atoms with Crippen molar-refractivity contribution in [2.45, 2.75) is 39.2 Å². The van der Waals surface area contributed by atoms with Gasteiger partial charge in [0.25, 0.3) is 0 Å². The summed E-state index contributed by atoms with van der Waals surface area (Å²) in [5, 5.41) is 3.18. The van der Waals surface area contributed by atoms with Gasteiger partial charge in [-0.25, -0.2) is 4.39 Å². The van der Waals surface area contributed by atoms with Crippen LogP contribution in [0.15, 0.2) is 18.2 Å². The third kappa shape index (κ3) is 3.98. The minimum atomic E-state index is -0.169. The number of anilines is 1. The van der Waals surface area contributed by atoms with Crippen molar-refractivity contribution >= 4 is 5.69 Å². The molecule has 2 nitrogen and oxygen atoms in total. The average Bonchev–Trinajstić information content (AvgIpc) is 2.37. The number of nitrogens with one attached hydrogen (secondary N) is 1. The van der Waals surface area contributed by atoms with Crippen molar-refractivity contribution in [3.05, 3.63) is 29.6 Å². The van der Waals surface area contributed by atoms with Gasteiger partial charge in [0.05, 0.1) is 0 Å². The molecule has 102 valence electrons. The zero-order valence-corrected chi connectivity index (χ0v) is 12.0. The molecule has 0 aliphatic rings. The van der Waals surface area contributed by atoms with Crippen molar-refractivity contribution in [1.29, 1.82) is 0 Å². The van der Waals surface area contributed by atoms with E-state index in [2.05, 4.69) is 31.1 Å². The Kier molecular flexibility index (Phi) is 6.13. The molecule has 18 heavy (non-hydrogen) atoms. The summed E-state index contributed by atoms with van der Waals surface area (Å²) in [5.74, 6) is -0.169. The van der Waals surface area contributed by atoms with Gasteiger partial charge in [-0.15, -0.1) is 0 Å². The first-order valence-corrected chi connectivity index (χ1v) is 6.78. The van der Waals surface area contributed by atoms with E-state index in [0.29, 0.717) is 0 Å². The molecule has 3 heteroatoms. The molecular weight excluding hydrogens is 227 g/mol. The molecule has 0 aliphatic carbocycles. The quantitative estimate of drug-likeness (QED) is 0.744. The first-order valence-electron chi connectivity index (χ1n) is 6.78. The number of halogens is 1. The summed E-state index contributed by atoms with van der Waals surface area (Å²) in [4.78, 5) is 2.22. The zero-order valence-electron chi connectivity index (χ0n) is 12.0. The molecule has 0 radical (unpaired) electrons. The number of hydrogen-bond acceptors (Lipinski definition) is 2. The van der Waals surface area contributed by atoms with Crippen molar-refractivity contribution in [2.75, 3.05) is 25.5 Å². The SMILES string of the molecule is CCCCCN(C)c1ccc(F)cc1C(C)NC. The number of rotatable bonds is 7. The predicted octanol–water partition coefficient (Wildman–Crippen LogP) is 3.73. The highest BCUT2D eigenvalue weighted by Crippen LogP contribution is 2.26. The monoisotopic (exact) mass is 252 g/mol. The largest absolute Gasteiger partial charge is 0.374 e. The van der Waals surface area contributed by atoms with E-state index >= 15 is 0 Å². The Balaban J connectivity index is 2.85. The predicted molar refractivity (Wildman–Crippen MR) is 76.7 cm³/mol. The van der Waals surface area contributed by atoms with E-state index in [0.717, 1.165) is 17.8 Å². The van der Waals surface area contributed by atoms with Crippen molar-refractivity contribution < 1.29 is 4.39 Å². The van der Waals surface area contributed by atoms with E-state index in [1.54, 1.807) is 6.07 Å². The fraction of sp³-hybridized carbons (Fsp3) is 0.600. The third-order valence-corrected chi connectivity index (χ3v) is 3.40. The van der Waals surface area contributed by atoms with Crippen LogP contribution in [0.4, 0.5) is 10.1 Å². The lowest BCUT2D eigenvalue weighted by atomic mass is 10.0. The molecule has 1 aromatic carbocycles. The smallest absolute Gasteiger partial charge is 0.123 e. The fourth-order valence-corrected chi connectivity index (χ4v) is 2.09. The lowest BCUT2D eigenvalue weighted by Gasteiger charge is -2.25. The zero-order chi connectivity index (χ0) is 13.5. The second-order valence-corrected chi connectivity index (χ2v) is 4.84. The molecule has 1 unspecified atom stereocenters. The first kappa shape index (κ1) is 15.0. The lowest BCUT2D eigenvalue weighted by molar-refractivity contribution is 0.606. The van der Waals surface area contributed by atoms with Gasteiger partial charge in [0.1, 0.15) is 5.82 Å². The van der Waals surface area contributed by atoms with Crippen molar-refractivity contribution in [1.82, 2.24) is 5.32 Å². The summed E-state index contributed by atoms with van der Waals surface area (Å²) in [6.07, 6.45) is 3.64. The van der Waals surface area contributed by atoms with Crippen LogP contribution in [-0.4, -0.2) is 20.6 Å². The molecule has 1 rings (SSSR count). The highest BCUT2D eigenvalue weighted by atomic mass is 19.1. The molecule has 1 aromatic rings. The third-order valence-electron chi connectivity index (χ3n) is 3.40. The van der Waals surface area contributed by atoms with Crippen LogP contribution in [0.3, 0.4) is 0 Å². The summed E-state index contributed by atoms with van der Waals surface area (Å²) >= 11 is 0. The van der Waals surface area contributed by atoms with Crippen molar-refractivity contribution in [2.24, 2.45) is 0 Å². The van der Waals surface area contributed by atoms with Gasteiger partial charge in [-0.3, -0.25) is 0 Å². The number of hydrogen-bond donors (Lipinski definition) is 1. The normalized spacial score (nSPS) is 12.5. The molecule has 0 bridgehead atoms. The molecule has 0 aromatic heterocycles. The van der Waals surface area contributed by atoms with Crippen LogP contribution in [-0.2, 0) is 0 Å². The summed E-state index contributed by atoms with van der Waals surface area (Å²) in [7, 11) is 3.98. The molecule has 1 atom stereocenters. The van der Waals surface area contributed by atoms with Crippen molar-refractivity contribution in [3.63, 3.8) is 0 Å². The molecule has 0 spiro atoms. The second kappa shape index (κ2) is 7.37. The van der Waals surface area contributed by atoms with Gasteiger partial charge in [0, 0.05) is 25.3 Å². The van der Waals surface area contributed by atoms with Crippen molar-refractivity contribution in [3.8, 4) is 0 Å².